The van der Waals surface area contributed by atoms with Crippen LogP contribution in [0.4, 0.5) is 26.3 Å². The maximum atomic E-state index is 13.4. The Hall–Kier alpha value is -4.87. The zero-order valence-electron chi connectivity index (χ0n) is 27.2. The van der Waals surface area contributed by atoms with Crippen LogP contribution in [0.1, 0.15) is 44.7 Å². The van der Waals surface area contributed by atoms with Crippen LogP contribution < -0.4 is 31.7 Å². The summed E-state index contributed by atoms with van der Waals surface area (Å²) in [5.41, 5.74) is 5.89. The summed E-state index contributed by atoms with van der Waals surface area (Å²) in [5.74, 6) is -5.48. The Kier molecular flexibility index (Phi) is 15.0. The van der Waals surface area contributed by atoms with Crippen LogP contribution in [0.15, 0.2) is 54.6 Å². The molecule has 5 amide bonds. The first-order valence-corrected chi connectivity index (χ1v) is 15.3. The molecular weight excluding hydrogens is 680 g/mol. The van der Waals surface area contributed by atoms with Gasteiger partial charge in [0.1, 0.15) is 23.9 Å². The number of carbonyl (C=O) groups excluding carboxylic acids is 5. The van der Waals surface area contributed by atoms with Crippen molar-refractivity contribution in [3.8, 4) is 5.75 Å². The number of nitrogens with two attached hydrogens (primary N) is 1. The van der Waals surface area contributed by atoms with Crippen molar-refractivity contribution in [2.75, 3.05) is 0 Å². The lowest BCUT2D eigenvalue weighted by molar-refractivity contribution is -0.274. The highest BCUT2D eigenvalue weighted by atomic mass is 19.4. The molecular formula is C32H39F6N5O7. The number of carbonyl (C=O) groups is 5. The molecule has 0 spiro atoms. The number of benzene rings is 2. The Morgan fingerprint density at radius 2 is 1.38 bits per heavy atom. The SMILES string of the molecule is CC(NC(=O)C(Cc1ccccc1)NC(=O)C(NC(=O)Cc1ccc(OC(F)(F)F)cc1)C(C)C)C(=O)NC(CCC(N)=O)C(O)C(F)(F)F. The minimum Gasteiger partial charge on any atom is -0.406 e. The predicted octanol–water partition coefficient (Wildman–Crippen LogP) is 2.17. The van der Waals surface area contributed by atoms with Gasteiger partial charge in [-0.25, -0.2) is 0 Å². The number of hydrogen-bond donors (Lipinski definition) is 6. The minimum atomic E-state index is -5.15. The third kappa shape index (κ3) is 14.3. The van der Waals surface area contributed by atoms with E-state index in [0.29, 0.717) is 11.1 Å². The lowest BCUT2D eigenvalue weighted by Gasteiger charge is -2.28. The second-order valence-corrected chi connectivity index (χ2v) is 11.7. The Balaban J connectivity index is 2.17. The number of nitrogens with one attached hydrogen (secondary N) is 4. The van der Waals surface area contributed by atoms with Crippen LogP contribution in [0.2, 0.25) is 0 Å². The number of primary amides is 1. The first kappa shape index (κ1) is 41.3. The number of ether oxygens (including phenoxy) is 1. The van der Waals surface area contributed by atoms with E-state index in [1.807, 2.05) is 5.32 Å². The van der Waals surface area contributed by atoms with Crippen molar-refractivity contribution in [1.29, 1.82) is 0 Å². The van der Waals surface area contributed by atoms with Gasteiger partial charge in [-0.15, -0.1) is 13.2 Å². The Bertz CT molecular complexity index is 1460. The fourth-order valence-electron chi connectivity index (χ4n) is 4.60. The van der Waals surface area contributed by atoms with Gasteiger partial charge in [-0.2, -0.15) is 13.2 Å². The average Bonchev–Trinajstić information content (AvgIpc) is 3.01. The van der Waals surface area contributed by atoms with E-state index in [-0.39, 0.29) is 12.8 Å². The molecule has 12 nitrogen and oxygen atoms in total. The highest BCUT2D eigenvalue weighted by Gasteiger charge is 2.44. The third-order valence-electron chi connectivity index (χ3n) is 7.20. The molecule has 0 aromatic heterocycles. The quantitative estimate of drug-likeness (QED) is 0.135. The second kappa shape index (κ2) is 18.2. The summed E-state index contributed by atoms with van der Waals surface area (Å²) < 4.78 is 80.7. The normalized spacial score (nSPS) is 14.8. The van der Waals surface area contributed by atoms with Crippen LogP contribution >= 0.6 is 0 Å². The molecule has 0 saturated carbocycles. The molecule has 0 heterocycles. The van der Waals surface area contributed by atoms with Gasteiger partial charge in [0, 0.05) is 12.8 Å². The van der Waals surface area contributed by atoms with E-state index in [0.717, 1.165) is 19.1 Å². The molecule has 2 aromatic rings. The molecule has 0 aliphatic rings. The summed E-state index contributed by atoms with van der Waals surface area (Å²) >= 11 is 0. The number of alkyl halides is 6. The van der Waals surface area contributed by atoms with E-state index < -0.39 is 96.9 Å². The van der Waals surface area contributed by atoms with E-state index in [1.165, 1.54) is 12.1 Å². The van der Waals surface area contributed by atoms with E-state index in [4.69, 9.17) is 5.73 Å². The fourth-order valence-corrected chi connectivity index (χ4v) is 4.60. The first-order chi connectivity index (χ1) is 23.2. The molecule has 2 rings (SSSR count). The molecule has 0 aliphatic heterocycles. The van der Waals surface area contributed by atoms with Crippen LogP contribution in [-0.2, 0) is 36.8 Å². The van der Waals surface area contributed by atoms with Gasteiger partial charge in [0.25, 0.3) is 0 Å². The maximum absolute atomic E-state index is 13.4. The standard InChI is InChI=1S/C32H39F6N5O7/c1-17(2)26(43-25(45)16-20-9-11-21(12-10-20)50-32(36,37)38)30(49)42-23(15-19-7-5-4-6-8-19)29(48)40-18(3)28(47)41-22(13-14-24(39)44)27(46)31(33,34)35/h4-12,17-18,22-23,26-27,46H,13-16H2,1-3H3,(H2,39,44)(H,40,48)(H,41,47)(H,42,49)(H,43,45). The van der Waals surface area contributed by atoms with E-state index in [2.05, 4.69) is 20.7 Å². The van der Waals surface area contributed by atoms with Crippen molar-refractivity contribution in [3.05, 3.63) is 65.7 Å². The second-order valence-electron chi connectivity index (χ2n) is 11.7. The molecule has 0 fully saturated rings. The van der Waals surface area contributed by atoms with Crippen molar-refractivity contribution in [1.82, 2.24) is 21.3 Å². The van der Waals surface area contributed by atoms with E-state index in [9.17, 15) is 55.4 Å². The van der Waals surface area contributed by atoms with E-state index in [1.54, 1.807) is 44.2 Å². The fraction of sp³-hybridized carbons (Fsp3) is 0.469. The van der Waals surface area contributed by atoms with Gasteiger partial charge in [0.15, 0.2) is 6.10 Å². The van der Waals surface area contributed by atoms with Crippen molar-refractivity contribution >= 4 is 29.5 Å². The number of amides is 5. The summed E-state index contributed by atoms with van der Waals surface area (Å²) in [6.45, 7) is 4.37. The van der Waals surface area contributed by atoms with Crippen LogP contribution in [-0.4, -0.2) is 77.5 Å². The zero-order chi connectivity index (χ0) is 37.8. The molecule has 0 saturated heterocycles. The van der Waals surface area contributed by atoms with E-state index >= 15 is 0 Å². The number of rotatable bonds is 17. The number of halogens is 6. The maximum Gasteiger partial charge on any atom is 0.573 e. The molecule has 276 valence electrons. The highest BCUT2D eigenvalue weighted by molar-refractivity contribution is 5.94. The molecule has 0 bridgehead atoms. The minimum absolute atomic E-state index is 0.105. The number of aliphatic hydroxyl groups excluding tert-OH is 1. The van der Waals surface area contributed by atoms with Gasteiger partial charge in [0.05, 0.1) is 12.5 Å². The Morgan fingerprint density at radius 1 is 0.780 bits per heavy atom. The molecule has 0 radical (unpaired) electrons. The van der Waals surface area contributed by atoms with Crippen molar-refractivity contribution in [2.24, 2.45) is 11.7 Å². The highest BCUT2D eigenvalue weighted by Crippen LogP contribution is 2.25. The summed E-state index contributed by atoms with van der Waals surface area (Å²) in [6.07, 6.45) is -14.7. The van der Waals surface area contributed by atoms with Crippen LogP contribution in [0, 0.1) is 5.92 Å². The Morgan fingerprint density at radius 3 is 1.90 bits per heavy atom. The summed E-state index contributed by atoms with van der Waals surface area (Å²) in [5, 5.41) is 19.1. The van der Waals surface area contributed by atoms with Gasteiger partial charge in [-0.1, -0.05) is 56.3 Å². The molecule has 5 unspecified atom stereocenters. The van der Waals surface area contributed by atoms with Gasteiger partial charge in [0.2, 0.25) is 29.5 Å². The molecule has 18 heteroatoms. The van der Waals surface area contributed by atoms with Crippen LogP contribution in [0.5, 0.6) is 5.75 Å². The summed E-state index contributed by atoms with van der Waals surface area (Å²) in [4.78, 5) is 63.6. The monoisotopic (exact) mass is 719 g/mol. The zero-order valence-corrected chi connectivity index (χ0v) is 27.2. The van der Waals surface area contributed by atoms with Crippen molar-refractivity contribution < 1.29 is 60.2 Å². The van der Waals surface area contributed by atoms with Crippen LogP contribution in [0.3, 0.4) is 0 Å². The summed E-state index contributed by atoms with van der Waals surface area (Å²) in [6, 6.07) is 6.87. The first-order valence-electron chi connectivity index (χ1n) is 15.3. The molecule has 5 atom stereocenters. The summed E-state index contributed by atoms with van der Waals surface area (Å²) in [7, 11) is 0. The van der Waals surface area contributed by atoms with Gasteiger partial charge in [-0.3, -0.25) is 24.0 Å². The van der Waals surface area contributed by atoms with Gasteiger partial charge >= 0.3 is 12.5 Å². The lowest BCUT2D eigenvalue weighted by atomic mass is 10.00. The van der Waals surface area contributed by atoms with Crippen LogP contribution in [0.25, 0.3) is 0 Å². The molecule has 50 heavy (non-hydrogen) atoms. The van der Waals surface area contributed by atoms with Crippen molar-refractivity contribution in [3.63, 3.8) is 0 Å². The molecule has 2 aromatic carbocycles. The van der Waals surface area contributed by atoms with Crippen molar-refractivity contribution in [2.45, 2.75) is 89.3 Å². The third-order valence-corrected chi connectivity index (χ3v) is 7.20. The topological polar surface area (TPSA) is 189 Å². The molecule has 0 aliphatic carbocycles. The van der Waals surface area contributed by atoms with Gasteiger partial charge < -0.3 is 36.8 Å². The molecule has 7 N–H and O–H groups in total. The number of aliphatic hydroxyl groups is 1. The Labute approximate surface area is 283 Å². The number of hydrogen-bond acceptors (Lipinski definition) is 7. The predicted molar refractivity (Wildman–Crippen MR) is 166 cm³/mol. The lowest BCUT2D eigenvalue weighted by Crippen LogP contribution is -2.59. The average molecular weight is 720 g/mol. The largest absolute Gasteiger partial charge is 0.573 e. The smallest absolute Gasteiger partial charge is 0.406 e. The van der Waals surface area contributed by atoms with Gasteiger partial charge in [-0.05, 0) is 42.5 Å².